The SMILES string of the molecule is CCOC(C)(C)c1ccc(-c2nc3n(c(=O)c2C#N)CCCS3)cn1. The van der Waals surface area contributed by atoms with Gasteiger partial charge in [0.05, 0.1) is 11.4 Å². The smallest absolute Gasteiger partial charge is 0.272 e. The number of nitriles is 1. The van der Waals surface area contributed by atoms with Gasteiger partial charge in [-0.05, 0) is 39.3 Å². The molecule has 130 valence electrons. The zero-order valence-corrected chi connectivity index (χ0v) is 15.4. The summed E-state index contributed by atoms with van der Waals surface area (Å²) in [6, 6.07) is 5.72. The molecule has 0 fully saturated rings. The molecule has 0 bridgehead atoms. The third-order valence-corrected chi connectivity index (χ3v) is 5.22. The van der Waals surface area contributed by atoms with Crippen LogP contribution < -0.4 is 5.56 Å². The van der Waals surface area contributed by atoms with Crippen LogP contribution in [-0.2, 0) is 16.9 Å². The molecule has 2 aromatic heterocycles. The highest BCUT2D eigenvalue weighted by molar-refractivity contribution is 7.99. The number of aromatic nitrogens is 3. The molecule has 0 amide bonds. The Balaban J connectivity index is 2.07. The van der Waals surface area contributed by atoms with Crippen molar-refractivity contribution in [2.24, 2.45) is 0 Å². The molecule has 0 aromatic carbocycles. The Kier molecular flexibility index (Phi) is 4.93. The maximum atomic E-state index is 12.6. The monoisotopic (exact) mass is 356 g/mol. The summed E-state index contributed by atoms with van der Waals surface area (Å²) < 4.78 is 7.31. The summed E-state index contributed by atoms with van der Waals surface area (Å²) >= 11 is 1.55. The Morgan fingerprint density at radius 3 is 2.88 bits per heavy atom. The quantitative estimate of drug-likeness (QED) is 0.784. The number of hydrogen-bond acceptors (Lipinski definition) is 6. The average Bonchev–Trinajstić information content (AvgIpc) is 2.62. The Hall–Kier alpha value is -2.17. The highest BCUT2D eigenvalue weighted by atomic mass is 32.2. The molecule has 0 saturated carbocycles. The number of nitrogens with zero attached hydrogens (tertiary/aromatic N) is 4. The van der Waals surface area contributed by atoms with Gasteiger partial charge in [0.2, 0.25) is 0 Å². The van der Waals surface area contributed by atoms with Crippen LogP contribution in [0.4, 0.5) is 0 Å². The van der Waals surface area contributed by atoms with Gasteiger partial charge in [0, 0.05) is 30.7 Å². The van der Waals surface area contributed by atoms with Crippen LogP contribution in [0.2, 0.25) is 0 Å². The lowest BCUT2D eigenvalue weighted by Gasteiger charge is -2.24. The van der Waals surface area contributed by atoms with E-state index in [9.17, 15) is 10.1 Å². The molecule has 0 aliphatic carbocycles. The van der Waals surface area contributed by atoms with E-state index < -0.39 is 5.60 Å². The van der Waals surface area contributed by atoms with Gasteiger partial charge in [0.1, 0.15) is 17.2 Å². The molecule has 3 rings (SSSR count). The van der Waals surface area contributed by atoms with E-state index in [1.807, 2.05) is 39.0 Å². The first-order valence-electron chi connectivity index (χ1n) is 8.26. The van der Waals surface area contributed by atoms with Crippen molar-refractivity contribution in [3.63, 3.8) is 0 Å². The summed E-state index contributed by atoms with van der Waals surface area (Å²) in [4.78, 5) is 21.6. The fraction of sp³-hybridized carbons (Fsp3) is 0.444. The molecule has 3 heterocycles. The fourth-order valence-corrected chi connectivity index (χ4v) is 3.80. The molecule has 25 heavy (non-hydrogen) atoms. The maximum absolute atomic E-state index is 12.6. The number of ether oxygens (including phenoxy) is 1. The number of rotatable bonds is 4. The van der Waals surface area contributed by atoms with E-state index >= 15 is 0 Å². The van der Waals surface area contributed by atoms with Crippen molar-refractivity contribution in [2.45, 2.75) is 44.5 Å². The van der Waals surface area contributed by atoms with E-state index in [0.717, 1.165) is 17.9 Å². The predicted octanol–water partition coefficient (Wildman–Crippen LogP) is 2.94. The predicted molar refractivity (Wildman–Crippen MR) is 96.4 cm³/mol. The van der Waals surface area contributed by atoms with E-state index in [1.54, 1.807) is 22.5 Å². The first-order valence-corrected chi connectivity index (χ1v) is 9.25. The van der Waals surface area contributed by atoms with E-state index in [2.05, 4.69) is 9.97 Å². The lowest BCUT2D eigenvalue weighted by atomic mass is 10.0. The largest absolute Gasteiger partial charge is 0.370 e. The van der Waals surface area contributed by atoms with E-state index in [-0.39, 0.29) is 11.1 Å². The van der Waals surface area contributed by atoms with Crippen molar-refractivity contribution in [1.29, 1.82) is 5.26 Å². The van der Waals surface area contributed by atoms with Crippen LogP contribution in [-0.4, -0.2) is 26.9 Å². The molecule has 2 aromatic rings. The molecule has 0 spiro atoms. The van der Waals surface area contributed by atoms with Crippen LogP contribution >= 0.6 is 11.8 Å². The maximum Gasteiger partial charge on any atom is 0.272 e. The Morgan fingerprint density at radius 1 is 1.44 bits per heavy atom. The van der Waals surface area contributed by atoms with Gasteiger partial charge < -0.3 is 4.74 Å². The highest BCUT2D eigenvalue weighted by Crippen LogP contribution is 2.28. The summed E-state index contributed by atoms with van der Waals surface area (Å²) in [5, 5.41) is 10.1. The first kappa shape index (κ1) is 17.6. The Bertz CT molecular complexity index is 882. The van der Waals surface area contributed by atoms with Crippen LogP contribution in [0.15, 0.2) is 28.3 Å². The number of hydrogen-bond donors (Lipinski definition) is 0. The first-order chi connectivity index (χ1) is 12.0. The van der Waals surface area contributed by atoms with Gasteiger partial charge in [-0.25, -0.2) is 4.98 Å². The molecule has 0 radical (unpaired) electrons. The summed E-state index contributed by atoms with van der Waals surface area (Å²) in [5.74, 6) is 0.928. The number of thioether (sulfide) groups is 1. The van der Waals surface area contributed by atoms with Gasteiger partial charge in [-0.2, -0.15) is 5.26 Å². The Labute approximate surface area is 150 Å². The second-order valence-electron chi connectivity index (χ2n) is 6.26. The molecule has 7 heteroatoms. The van der Waals surface area contributed by atoms with Gasteiger partial charge in [0.15, 0.2) is 5.16 Å². The van der Waals surface area contributed by atoms with Crippen LogP contribution in [0.25, 0.3) is 11.3 Å². The molecular formula is C18H20N4O2S. The summed E-state index contributed by atoms with van der Waals surface area (Å²) in [6.07, 6.45) is 2.56. The van der Waals surface area contributed by atoms with Crippen molar-refractivity contribution >= 4 is 11.8 Å². The van der Waals surface area contributed by atoms with Crippen molar-refractivity contribution in [3.8, 4) is 17.3 Å². The van der Waals surface area contributed by atoms with Crippen molar-refractivity contribution in [3.05, 3.63) is 39.9 Å². The van der Waals surface area contributed by atoms with Crippen molar-refractivity contribution in [2.75, 3.05) is 12.4 Å². The second kappa shape index (κ2) is 6.98. The van der Waals surface area contributed by atoms with Crippen LogP contribution in [0, 0.1) is 11.3 Å². The number of pyridine rings is 1. The summed E-state index contributed by atoms with van der Waals surface area (Å²) in [7, 11) is 0. The van der Waals surface area contributed by atoms with Crippen molar-refractivity contribution in [1.82, 2.24) is 14.5 Å². The highest BCUT2D eigenvalue weighted by Gasteiger charge is 2.24. The third-order valence-electron chi connectivity index (χ3n) is 4.16. The third kappa shape index (κ3) is 3.32. The number of fused-ring (bicyclic) bond motifs is 1. The standard InChI is InChI=1S/C18H20N4O2S/c1-4-24-18(2,3)14-7-6-12(11-20-14)15-13(10-19)16(23)22-8-5-9-25-17(22)21-15/h6-7,11H,4-5,8-9H2,1-3H3. The average molecular weight is 356 g/mol. The fourth-order valence-electron chi connectivity index (χ4n) is 2.86. The van der Waals surface area contributed by atoms with Crippen LogP contribution in [0.5, 0.6) is 0 Å². The minimum absolute atomic E-state index is 0.0740. The normalized spacial score (nSPS) is 14.0. The Morgan fingerprint density at radius 2 is 2.24 bits per heavy atom. The second-order valence-corrected chi connectivity index (χ2v) is 7.33. The zero-order valence-electron chi connectivity index (χ0n) is 14.6. The van der Waals surface area contributed by atoms with E-state index in [0.29, 0.717) is 29.6 Å². The summed E-state index contributed by atoms with van der Waals surface area (Å²) in [5.41, 5.74) is 1.17. The molecule has 0 unspecified atom stereocenters. The van der Waals surface area contributed by atoms with Gasteiger partial charge >= 0.3 is 0 Å². The molecule has 1 aliphatic heterocycles. The minimum atomic E-state index is -0.496. The molecule has 0 saturated heterocycles. The lowest BCUT2D eigenvalue weighted by molar-refractivity contribution is -0.0172. The molecule has 1 aliphatic rings. The van der Waals surface area contributed by atoms with Crippen LogP contribution in [0.1, 0.15) is 38.4 Å². The van der Waals surface area contributed by atoms with Crippen LogP contribution in [0.3, 0.4) is 0 Å². The lowest BCUT2D eigenvalue weighted by Crippen LogP contribution is -2.29. The van der Waals surface area contributed by atoms with E-state index in [4.69, 9.17) is 4.74 Å². The molecule has 0 N–H and O–H groups in total. The van der Waals surface area contributed by atoms with Gasteiger partial charge in [-0.3, -0.25) is 14.3 Å². The topological polar surface area (TPSA) is 80.8 Å². The van der Waals surface area contributed by atoms with Gasteiger partial charge in [-0.15, -0.1) is 0 Å². The molecule has 6 nitrogen and oxygen atoms in total. The van der Waals surface area contributed by atoms with Gasteiger partial charge in [0.25, 0.3) is 5.56 Å². The summed E-state index contributed by atoms with van der Waals surface area (Å²) in [6.45, 7) is 7.06. The van der Waals surface area contributed by atoms with Gasteiger partial charge in [-0.1, -0.05) is 11.8 Å². The minimum Gasteiger partial charge on any atom is -0.370 e. The zero-order chi connectivity index (χ0) is 18.0. The van der Waals surface area contributed by atoms with E-state index in [1.165, 1.54) is 0 Å². The molecule has 0 atom stereocenters. The molecular weight excluding hydrogens is 336 g/mol. The van der Waals surface area contributed by atoms with Crippen molar-refractivity contribution < 1.29 is 4.74 Å².